The highest BCUT2D eigenvalue weighted by Gasteiger charge is 2.32. The number of methoxy groups -OCH3 is 1. The molecule has 5 nitrogen and oxygen atoms in total. The predicted octanol–water partition coefficient (Wildman–Crippen LogP) is 2.80. The lowest BCUT2D eigenvalue weighted by Crippen LogP contribution is -2.16. The molecule has 0 aliphatic heterocycles. The van der Waals surface area contributed by atoms with E-state index in [1.54, 1.807) is 24.4 Å². The minimum atomic E-state index is -0.437. The third kappa shape index (κ3) is 1.57. The summed E-state index contributed by atoms with van der Waals surface area (Å²) in [5.41, 5.74) is 1.84. The Labute approximate surface area is 129 Å². The lowest BCUT2D eigenvalue weighted by Gasteiger charge is -2.09. The summed E-state index contributed by atoms with van der Waals surface area (Å²) in [7, 11) is 1.52. The highest BCUT2D eigenvalue weighted by molar-refractivity contribution is 6.38. The van der Waals surface area contributed by atoms with Crippen molar-refractivity contribution in [2.75, 3.05) is 7.11 Å². The number of carbonyl (C=O) groups is 1. The topological polar surface area (TPSA) is 72.1 Å². The number of carbonyl (C=O) groups excluding carboxylic acids is 1. The number of hydrogen-bond donors (Lipinski definition) is 1. The van der Waals surface area contributed by atoms with Crippen LogP contribution in [0.2, 0.25) is 5.02 Å². The van der Waals surface area contributed by atoms with Crippen molar-refractivity contribution in [2.24, 2.45) is 0 Å². The van der Waals surface area contributed by atoms with Crippen LogP contribution in [0, 0.1) is 0 Å². The number of hydrogen-bond acceptors (Lipinski definition) is 4. The summed E-state index contributed by atoms with van der Waals surface area (Å²) in [5.74, 6) is 0.228. The predicted molar refractivity (Wildman–Crippen MR) is 82.8 cm³/mol. The van der Waals surface area contributed by atoms with Gasteiger partial charge in [-0.3, -0.25) is 14.6 Å². The normalized spacial score (nSPS) is 12.4. The fraction of sp³-hybridized carbons (Fsp3) is 0.0625. The highest BCUT2D eigenvalue weighted by atomic mass is 35.5. The van der Waals surface area contributed by atoms with Gasteiger partial charge in [0.25, 0.3) is 5.56 Å². The summed E-state index contributed by atoms with van der Waals surface area (Å²) in [4.78, 5) is 31.6. The molecule has 0 fully saturated rings. The maximum absolute atomic E-state index is 12.5. The SMILES string of the molecule is COc1cc(Cl)c2c3c(c(=O)[nH]c2c1)C(=O)c1ccncc1-3. The van der Waals surface area contributed by atoms with Gasteiger partial charge in [0, 0.05) is 40.5 Å². The summed E-state index contributed by atoms with van der Waals surface area (Å²) in [6.07, 6.45) is 3.11. The number of nitrogens with one attached hydrogen (secondary N) is 1. The van der Waals surface area contributed by atoms with Gasteiger partial charge in [0.1, 0.15) is 5.75 Å². The summed E-state index contributed by atoms with van der Waals surface area (Å²) in [5, 5.41) is 1.03. The molecular weight excluding hydrogens is 304 g/mol. The fourth-order valence-electron chi connectivity index (χ4n) is 2.89. The summed E-state index contributed by atoms with van der Waals surface area (Å²) in [6.45, 7) is 0. The number of ketones is 1. The van der Waals surface area contributed by atoms with Crippen molar-refractivity contribution in [3.8, 4) is 16.9 Å². The zero-order valence-corrected chi connectivity index (χ0v) is 12.2. The molecule has 0 bridgehead atoms. The largest absolute Gasteiger partial charge is 0.497 e. The Balaban J connectivity index is 2.24. The van der Waals surface area contributed by atoms with Crippen molar-refractivity contribution < 1.29 is 9.53 Å². The number of ether oxygens (including phenoxy) is 1. The minimum absolute atomic E-state index is 0.113. The van der Waals surface area contributed by atoms with Crippen LogP contribution in [0.4, 0.5) is 0 Å². The Bertz CT molecular complexity index is 1020. The van der Waals surface area contributed by atoms with E-state index in [0.29, 0.717) is 38.4 Å². The van der Waals surface area contributed by atoms with Crippen LogP contribution in [-0.2, 0) is 0 Å². The first kappa shape index (κ1) is 13.0. The van der Waals surface area contributed by atoms with Crippen LogP contribution in [0.1, 0.15) is 15.9 Å². The van der Waals surface area contributed by atoms with E-state index < -0.39 is 5.56 Å². The molecule has 1 aliphatic carbocycles. The van der Waals surface area contributed by atoms with E-state index in [0.717, 1.165) is 0 Å². The highest BCUT2D eigenvalue weighted by Crippen LogP contribution is 2.42. The molecule has 0 spiro atoms. The van der Waals surface area contributed by atoms with Gasteiger partial charge in [-0.2, -0.15) is 0 Å². The van der Waals surface area contributed by atoms with Gasteiger partial charge >= 0.3 is 0 Å². The van der Waals surface area contributed by atoms with Crippen LogP contribution < -0.4 is 10.3 Å². The Hall–Kier alpha value is -2.66. The molecule has 108 valence electrons. The molecule has 0 saturated heterocycles. The van der Waals surface area contributed by atoms with Gasteiger partial charge in [-0.1, -0.05) is 11.6 Å². The van der Waals surface area contributed by atoms with E-state index in [1.165, 1.54) is 13.3 Å². The first-order chi connectivity index (χ1) is 10.6. The molecule has 1 aromatic carbocycles. The molecule has 6 heteroatoms. The Morgan fingerprint density at radius 2 is 2.00 bits per heavy atom. The Morgan fingerprint density at radius 1 is 1.18 bits per heavy atom. The zero-order chi connectivity index (χ0) is 15.4. The van der Waals surface area contributed by atoms with Gasteiger partial charge in [0.2, 0.25) is 0 Å². The quantitative estimate of drug-likeness (QED) is 0.586. The third-order valence-corrected chi connectivity index (χ3v) is 4.13. The van der Waals surface area contributed by atoms with Gasteiger partial charge in [-0.25, -0.2) is 0 Å². The number of nitrogens with zero attached hydrogens (tertiary/aromatic N) is 1. The lowest BCUT2D eigenvalue weighted by molar-refractivity contribution is 0.104. The van der Waals surface area contributed by atoms with Crippen molar-refractivity contribution in [1.29, 1.82) is 0 Å². The second-order valence-corrected chi connectivity index (χ2v) is 5.39. The zero-order valence-electron chi connectivity index (χ0n) is 11.4. The molecule has 22 heavy (non-hydrogen) atoms. The van der Waals surface area contributed by atoms with Crippen molar-refractivity contribution in [3.63, 3.8) is 0 Å². The summed E-state index contributed by atoms with van der Waals surface area (Å²) >= 11 is 6.36. The maximum atomic E-state index is 12.5. The van der Waals surface area contributed by atoms with E-state index in [1.807, 2.05) is 0 Å². The van der Waals surface area contributed by atoms with Crippen LogP contribution in [0.3, 0.4) is 0 Å². The van der Waals surface area contributed by atoms with Crippen molar-refractivity contribution >= 4 is 28.3 Å². The molecule has 1 aliphatic rings. The van der Waals surface area contributed by atoms with Gasteiger partial charge in [0.05, 0.1) is 23.2 Å². The van der Waals surface area contributed by atoms with Gasteiger partial charge in [0.15, 0.2) is 5.78 Å². The maximum Gasteiger partial charge on any atom is 0.260 e. The van der Waals surface area contributed by atoms with E-state index in [2.05, 4.69) is 9.97 Å². The number of rotatable bonds is 1. The average molecular weight is 313 g/mol. The molecular formula is C16H9ClN2O3. The molecule has 0 atom stereocenters. The molecule has 1 N–H and O–H groups in total. The standard InChI is InChI=1S/C16H9ClN2O3/c1-22-7-4-10(17)13-11(5-7)19-16(21)14-12(13)9-6-18-3-2-8(9)15(14)20/h2-6H,1H3,(H,19,21). The molecule has 3 aromatic rings. The van der Waals surface area contributed by atoms with Gasteiger partial charge < -0.3 is 9.72 Å². The van der Waals surface area contributed by atoms with Gasteiger partial charge in [-0.05, 0) is 12.1 Å². The molecule has 4 rings (SSSR count). The number of H-pyrrole nitrogens is 1. The third-order valence-electron chi connectivity index (χ3n) is 3.84. The monoisotopic (exact) mass is 312 g/mol. The molecule has 2 heterocycles. The van der Waals surface area contributed by atoms with Crippen molar-refractivity contribution in [3.05, 3.63) is 57.1 Å². The van der Waals surface area contributed by atoms with Crippen molar-refractivity contribution in [2.45, 2.75) is 0 Å². The molecule has 0 radical (unpaired) electrons. The van der Waals surface area contributed by atoms with E-state index in [-0.39, 0.29) is 11.3 Å². The fourth-order valence-corrected chi connectivity index (χ4v) is 3.19. The van der Waals surface area contributed by atoms with E-state index >= 15 is 0 Å². The number of aromatic nitrogens is 2. The second kappa shape index (κ2) is 4.42. The molecule has 0 amide bonds. The van der Waals surface area contributed by atoms with Crippen LogP contribution in [-0.4, -0.2) is 22.9 Å². The number of pyridine rings is 2. The van der Waals surface area contributed by atoms with Crippen LogP contribution in [0.15, 0.2) is 35.4 Å². The Morgan fingerprint density at radius 3 is 2.77 bits per heavy atom. The average Bonchev–Trinajstić information content (AvgIpc) is 2.81. The smallest absolute Gasteiger partial charge is 0.260 e. The van der Waals surface area contributed by atoms with Gasteiger partial charge in [-0.15, -0.1) is 0 Å². The first-order valence-electron chi connectivity index (χ1n) is 6.54. The van der Waals surface area contributed by atoms with Crippen LogP contribution in [0.5, 0.6) is 5.75 Å². The van der Waals surface area contributed by atoms with Crippen molar-refractivity contribution in [1.82, 2.24) is 9.97 Å². The first-order valence-corrected chi connectivity index (χ1v) is 6.92. The summed E-state index contributed by atoms with van der Waals surface area (Å²) in [6, 6.07) is 4.95. The second-order valence-electron chi connectivity index (χ2n) is 4.99. The summed E-state index contributed by atoms with van der Waals surface area (Å²) < 4.78 is 5.17. The van der Waals surface area contributed by atoms with E-state index in [9.17, 15) is 9.59 Å². The number of fused-ring (bicyclic) bond motifs is 5. The number of aromatic amines is 1. The van der Waals surface area contributed by atoms with E-state index in [4.69, 9.17) is 16.3 Å². The van der Waals surface area contributed by atoms with Crippen LogP contribution in [0.25, 0.3) is 22.0 Å². The number of benzene rings is 1. The molecule has 2 aromatic heterocycles. The minimum Gasteiger partial charge on any atom is -0.497 e. The lowest BCUT2D eigenvalue weighted by atomic mass is 10.0. The van der Waals surface area contributed by atoms with Crippen LogP contribution >= 0.6 is 11.6 Å². The molecule has 0 saturated carbocycles. The molecule has 0 unspecified atom stereocenters. The Kier molecular flexibility index (Phi) is 2.62. The number of halogens is 1.